The first-order valence-electron chi connectivity index (χ1n) is 11.6. The molecule has 2 N–H and O–H groups in total. The highest BCUT2D eigenvalue weighted by molar-refractivity contribution is 5.95. The predicted molar refractivity (Wildman–Crippen MR) is 109 cm³/mol. The molecule has 9 atom stereocenters. The highest BCUT2D eigenvalue weighted by atomic mass is 19.1. The molecule has 5 rings (SSSR count). The van der Waals surface area contributed by atoms with Gasteiger partial charge in [-0.1, -0.05) is 13.8 Å². The number of Topliss-reactive ketones (excluding diaryl/α,β-unsaturated/α-hetero) is 2. The van der Waals surface area contributed by atoms with Gasteiger partial charge in [0.15, 0.2) is 28.8 Å². The number of allylic oxidation sites excluding steroid dienone is 1. The van der Waals surface area contributed by atoms with Gasteiger partial charge >= 0.3 is 0 Å². The van der Waals surface area contributed by atoms with E-state index in [9.17, 15) is 24.2 Å². The Hall–Kier alpha value is -1.22. The van der Waals surface area contributed by atoms with E-state index in [0.717, 1.165) is 0 Å². The molecule has 0 spiro atoms. The highest BCUT2D eigenvalue weighted by Gasteiger charge is 2.77. The van der Waals surface area contributed by atoms with Gasteiger partial charge < -0.3 is 19.7 Å². The maximum Gasteiger partial charge on any atom is 0.193 e. The molecular formula is C24H32F2O6. The normalized spacial score (nSPS) is 51.7. The summed E-state index contributed by atoms with van der Waals surface area (Å²) in [5, 5.41) is 21.3. The van der Waals surface area contributed by atoms with Gasteiger partial charge in [-0.25, -0.2) is 8.78 Å². The number of carbonyl (C=O) groups excluding carboxylic acids is 2. The highest BCUT2D eigenvalue weighted by Crippen LogP contribution is 2.71. The minimum Gasteiger partial charge on any atom is -0.393 e. The van der Waals surface area contributed by atoms with Crippen LogP contribution in [-0.2, 0) is 19.1 Å². The third-order valence-electron chi connectivity index (χ3n) is 9.50. The van der Waals surface area contributed by atoms with Crippen LogP contribution in [0, 0.1) is 28.6 Å². The quantitative estimate of drug-likeness (QED) is 0.667. The van der Waals surface area contributed by atoms with Crippen molar-refractivity contribution in [2.75, 3.05) is 6.61 Å². The summed E-state index contributed by atoms with van der Waals surface area (Å²) < 4.78 is 42.7. The molecule has 1 saturated heterocycles. The van der Waals surface area contributed by atoms with Crippen molar-refractivity contribution >= 4 is 11.6 Å². The van der Waals surface area contributed by atoms with Crippen LogP contribution in [0.25, 0.3) is 0 Å². The van der Waals surface area contributed by atoms with Gasteiger partial charge in [-0.05, 0) is 57.3 Å². The number of ether oxygens (including phenoxy) is 2. The summed E-state index contributed by atoms with van der Waals surface area (Å²) in [6, 6.07) is 0. The fourth-order valence-electron chi connectivity index (χ4n) is 8.51. The molecule has 8 heteroatoms. The fourth-order valence-corrected chi connectivity index (χ4v) is 8.51. The fraction of sp³-hybridized carbons (Fsp3) is 0.833. The number of rotatable bonds is 2. The molecular weight excluding hydrogens is 422 g/mol. The number of fused-ring (bicyclic) bond motifs is 7. The first-order valence-corrected chi connectivity index (χ1v) is 11.6. The number of aliphatic hydroxyl groups is 2. The van der Waals surface area contributed by atoms with Crippen LogP contribution >= 0.6 is 0 Å². The molecule has 0 bridgehead atoms. The topological polar surface area (TPSA) is 93.1 Å². The third kappa shape index (κ3) is 2.53. The smallest absolute Gasteiger partial charge is 0.193 e. The molecule has 4 aliphatic carbocycles. The van der Waals surface area contributed by atoms with Crippen LogP contribution in [0.4, 0.5) is 8.78 Å². The van der Waals surface area contributed by atoms with Crippen LogP contribution in [0.3, 0.4) is 0 Å². The standard InChI is InChI=1S/C24H32F2O6/c1-21(2)31-17-8-12-11-7-13(25)19-20(26)14(28)5-6-22(19,3)18(11)15(29)9-23(12,4)24(17,32-21)16(30)10-27/h11-13,15,17-18,27,29H,5-10H2,1-4H3/t11-,12-,13-,15-,17+,18+,22+,23-,24+/m0/s1. The van der Waals surface area contributed by atoms with Gasteiger partial charge in [0.1, 0.15) is 12.8 Å². The summed E-state index contributed by atoms with van der Waals surface area (Å²) in [6.45, 7) is 6.37. The summed E-state index contributed by atoms with van der Waals surface area (Å²) in [5.41, 5.74) is -3.37. The van der Waals surface area contributed by atoms with Crippen molar-refractivity contribution < 1.29 is 38.1 Å². The Morgan fingerprint density at radius 3 is 2.56 bits per heavy atom. The number of halogens is 2. The van der Waals surface area contributed by atoms with Crippen LogP contribution in [0.1, 0.15) is 59.8 Å². The second-order valence-corrected chi connectivity index (χ2v) is 11.4. The lowest BCUT2D eigenvalue weighted by atomic mass is 9.45. The first kappa shape index (κ1) is 22.6. The van der Waals surface area contributed by atoms with Crippen LogP contribution in [0.15, 0.2) is 11.4 Å². The summed E-state index contributed by atoms with van der Waals surface area (Å²) in [5.74, 6) is -4.15. The third-order valence-corrected chi connectivity index (χ3v) is 9.50. The zero-order chi connectivity index (χ0) is 23.4. The number of carbonyl (C=O) groups is 2. The van der Waals surface area contributed by atoms with Crippen LogP contribution < -0.4 is 0 Å². The molecule has 0 aromatic heterocycles. The van der Waals surface area contributed by atoms with Gasteiger partial charge in [0.05, 0.1) is 12.2 Å². The van der Waals surface area contributed by atoms with Crippen LogP contribution in [0.2, 0.25) is 0 Å². The number of hydrogen-bond acceptors (Lipinski definition) is 6. The molecule has 1 aliphatic heterocycles. The minimum atomic E-state index is -1.62. The Labute approximate surface area is 186 Å². The molecule has 3 saturated carbocycles. The van der Waals surface area contributed by atoms with Gasteiger partial charge in [-0.3, -0.25) is 9.59 Å². The van der Waals surface area contributed by atoms with E-state index in [2.05, 4.69) is 0 Å². The predicted octanol–water partition coefficient (Wildman–Crippen LogP) is 2.80. The van der Waals surface area contributed by atoms with E-state index in [-0.39, 0.29) is 36.7 Å². The lowest BCUT2D eigenvalue weighted by molar-refractivity contribution is -0.229. The Balaban J connectivity index is 1.62. The van der Waals surface area contributed by atoms with Crippen molar-refractivity contribution in [1.29, 1.82) is 0 Å². The number of aliphatic hydroxyl groups excluding tert-OH is 2. The Kier molecular flexibility index (Phi) is 4.71. The minimum absolute atomic E-state index is 0.00754. The lowest BCUT2D eigenvalue weighted by Crippen LogP contribution is -2.65. The van der Waals surface area contributed by atoms with Crippen LogP contribution in [-0.4, -0.2) is 58.2 Å². The van der Waals surface area contributed by atoms with Crippen molar-refractivity contribution in [1.82, 2.24) is 0 Å². The molecule has 5 aliphatic rings. The summed E-state index contributed by atoms with van der Waals surface area (Å²) >= 11 is 0. The molecule has 0 radical (unpaired) electrons. The van der Waals surface area contributed by atoms with Gasteiger partial charge in [0, 0.05) is 22.8 Å². The molecule has 1 heterocycles. The molecule has 178 valence electrons. The van der Waals surface area contributed by atoms with E-state index in [1.165, 1.54) is 0 Å². The van der Waals surface area contributed by atoms with Crippen LogP contribution in [0.5, 0.6) is 0 Å². The van der Waals surface area contributed by atoms with E-state index >= 15 is 4.39 Å². The number of ketones is 2. The van der Waals surface area contributed by atoms with Gasteiger partial charge in [-0.15, -0.1) is 0 Å². The molecule has 0 amide bonds. The molecule has 4 fully saturated rings. The maximum atomic E-state index is 15.5. The second kappa shape index (κ2) is 6.68. The van der Waals surface area contributed by atoms with Crippen molar-refractivity contribution in [3.63, 3.8) is 0 Å². The Morgan fingerprint density at radius 1 is 1.22 bits per heavy atom. The van der Waals surface area contributed by atoms with Crippen molar-refractivity contribution in [3.8, 4) is 0 Å². The van der Waals surface area contributed by atoms with E-state index in [1.807, 2.05) is 6.92 Å². The summed E-state index contributed by atoms with van der Waals surface area (Å²) in [6.07, 6.45) is -2.29. The zero-order valence-electron chi connectivity index (χ0n) is 19.0. The van der Waals surface area contributed by atoms with E-state index in [4.69, 9.17) is 9.47 Å². The average molecular weight is 455 g/mol. The zero-order valence-corrected chi connectivity index (χ0v) is 19.0. The molecule has 0 aromatic rings. The molecule has 0 unspecified atom stereocenters. The van der Waals surface area contributed by atoms with Gasteiger partial charge in [-0.2, -0.15) is 0 Å². The lowest BCUT2D eigenvalue weighted by Gasteiger charge is -2.61. The summed E-state index contributed by atoms with van der Waals surface area (Å²) in [7, 11) is 0. The van der Waals surface area contributed by atoms with E-state index in [0.29, 0.717) is 12.8 Å². The molecule has 32 heavy (non-hydrogen) atoms. The number of hydrogen-bond donors (Lipinski definition) is 2. The van der Waals surface area contributed by atoms with Gasteiger partial charge in [0.25, 0.3) is 0 Å². The summed E-state index contributed by atoms with van der Waals surface area (Å²) in [4.78, 5) is 25.2. The second-order valence-electron chi connectivity index (χ2n) is 11.4. The van der Waals surface area contributed by atoms with Gasteiger partial charge in [0.2, 0.25) is 0 Å². The number of alkyl halides is 1. The maximum absolute atomic E-state index is 15.5. The largest absolute Gasteiger partial charge is 0.393 e. The first-order chi connectivity index (χ1) is 14.8. The van der Waals surface area contributed by atoms with Crippen molar-refractivity contribution in [3.05, 3.63) is 11.4 Å². The molecule has 6 nitrogen and oxygen atoms in total. The average Bonchev–Trinajstić information content (AvgIpc) is 3.10. The Morgan fingerprint density at radius 2 is 1.91 bits per heavy atom. The van der Waals surface area contributed by atoms with Crippen molar-refractivity contribution in [2.45, 2.75) is 89.6 Å². The SMILES string of the molecule is CC1(C)O[C@@H]2C[C@H]3[C@@H]4C[C@H](F)C5=C(F)C(=O)CC[C@]5(C)[C@H]4[C@@H](O)C[C@]3(C)[C@]2(C(=O)CO)O1. The van der Waals surface area contributed by atoms with E-state index in [1.54, 1.807) is 20.8 Å². The Bertz CT molecular complexity index is 916. The molecule has 0 aromatic carbocycles. The van der Waals surface area contributed by atoms with Crippen molar-refractivity contribution in [2.24, 2.45) is 28.6 Å². The van der Waals surface area contributed by atoms with E-state index < -0.39 is 70.5 Å². The monoisotopic (exact) mass is 454 g/mol.